The quantitative estimate of drug-likeness (QED) is 0.784. The number of hydrogen-bond acceptors (Lipinski definition) is 4. The maximum Gasteiger partial charge on any atom is 0.255 e. The van der Waals surface area contributed by atoms with Gasteiger partial charge in [-0.1, -0.05) is 11.6 Å². The van der Waals surface area contributed by atoms with E-state index in [1.165, 1.54) is 7.11 Å². The third-order valence-corrected chi connectivity index (χ3v) is 4.25. The molecule has 0 spiro atoms. The standard InChI is InChI=1S/C15H17ClN4O2S/c1-22-12-8-9(16)2-5-11(12)14(21)17-7-6-13-18-19-15(23)20(13)10-3-4-10/h2,5,8,10H,3-4,6-7H2,1H3,(H,17,21)(H,19,23). The summed E-state index contributed by atoms with van der Waals surface area (Å²) in [7, 11) is 1.51. The Balaban J connectivity index is 1.63. The average molecular weight is 353 g/mol. The van der Waals surface area contributed by atoms with Crippen molar-refractivity contribution >= 4 is 29.7 Å². The molecule has 1 fully saturated rings. The number of aromatic nitrogens is 3. The van der Waals surface area contributed by atoms with Gasteiger partial charge in [-0.25, -0.2) is 0 Å². The Labute approximate surface area is 143 Å². The van der Waals surface area contributed by atoms with E-state index in [0.717, 1.165) is 18.7 Å². The summed E-state index contributed by atoms with van der Waals surface area (Å²) >= 11 is 11.1. The minimum absolute atomic E-state index is 0.203. The van der Waals surface area contributed by atoms with Crippen LogP contribution in [-0.4, -0.2) is 34.3 Å². The summed E-state index contributed by atoms with van der Waals surface area (Å²) < 4.78 is 7.89. The number of nitrogens with one attached hydrogen (secondary N) is 2. The van der Waals surface area contributed by atoms with Crippen LogP contribution in [0.5, 0.6) is 5.75 Å². The highest BCUT2D eigenvalue weighted by molar-refractivity contribution is 7.71. The Morgan fingerprint density at radius 2 is 2.35 bits per heavy atom. The SMILES string of the molecule is COc1cc(Cl)ccc1C(=O)NCCc1n[nH]c(=S)n1C1CC1. The number of carbonyl (C=O) groups excluding carboxylic acids is 1. The van der Waals surface area contributed by atoms with Gasteiger partial charge in [0.1, 0.15) is 11.6 Å². The second-order valence-electron chi connectivity index (χ2n) is 5.40. The van der Waals surface area contributed by atoms with E-state index >= 15 is 0 Å². The molecule has 0 saturated heterocycles. The lowest BCUT2D eigenvalue weighted by atomic mass is 10.2. The van der Waals surface area contributed by atoms with Crippen molar-refractivity contribution in [3.8, 4) is 5.75 Å². The molecule has 1 aromatic carbocycles. The van der Waals surface area contributed by atoms with Crippen LogP contribution < -0.4 is 10.1 Å². The van der Waals surface area contributed by atoms with Crippen molar-refractivity contribution in [2.75, 3.05) is 13.7 Å². The van der Waals surface area contributed by atoms with Crippen molar-refractivity contribution in [1.82, 2.24) is 20.1 Å². The van der Waals surface area contributed by atoms with Crippen molar-refractivity contribution in [3.63, 3.8) is 0 Å². The predicted octanol–water partition coefficient (Wildman–Crippen LogP) is 2.91. The Morgan fingerprint density at radius 3 is 3.04 bits per heavy atom. The van der Waals surface area contributed by atoms with Crippen LogP contribution in [0.1, 0.15) is 35.1 Å². The van der Waals surface area contributed by atoms with Crippen molar-refractivity contribution in [3.05, 3.63) is 39.4 Å². The largest absolute Gasteiger partial charge is 0.496 e. The molecule has 1 heterocycles. The van der Waals surface area contributed by atoms with E-state index in [0.29, 0.717) is 40.1 Å². The Hall–Kier alpha value is -1.86. The summed E-state index contributed by atoms with van der Waals surface area (Å²) in [6.07, 6.45) is 2.88. The van der Waals surface area contributed by atoms with E-state index in [9.17, 15) is 4.79 Å². The van der Waals surface area contributed by atoms with Crippen LogP contribution in [0.3, 0.4) is 0 Å². The number of methoxy groups -OCH3 is 1. The summed E-state index contributed by atoms with van der Waals surface area (Å²) in [5.41, 5.74) is 0.456. The number of benzene rings is 1. The van der Waals surface area contributed by atoms with Crippen LogP contribution in [-0.2, 0) is 6.42 Å². The monoisotopic (exact) mass is 352 g/mol. The number of carbonyl (C=O) groups is 1. The van der Waals surface area contributed by atoms with Crippen LogP contribution in [0.4, 0.5) is 0 Å². The molecule has 23 heavy (non-hydrogen) atoms. The molecule has 2 N–H and O–H groups in total. The van der Waals surface area contributed by atoms with Gasteiger partial charge in [0, 0.05) is 24.0 Å². The normalized spacial score (nSPS) is 13.8. The topological polar surface area (TPSA) is 71.9 Å². The smallest absolute Gasteiger partial charge is 0.255 e. The first-order valence-electron chi connectivity index (χ1n) is 7.37. The van der Waals surface area contributed by atoms with E-state index in [2.05, 4.69) is 15.5 Å². The lowest BCUT2D eigenvalue weighted by molar-refractivity contribution is 0.0951. The highest BCUT2D eigenvalue weighted by atomic mass is 35.5. The fourth-order valence-electron chi connectivity index (χ4n) is 2.46. The first-order chi connectivity index (χ1) is 11.1. The van der Waals surface area contributed by atoms with Gasteiger partial charge in [-0.3, -0.25) is 9.89 Å². The maximum atomic E-state index is 12.3. The second kappa shape index (κ2) is 6.72. The summed E-state index contributed by atoms with van der Waals surface area (Å²) in [4.78, 5) is 12.3. The van der Waals surface area contributed by atoms with Crippen molar-refractivity contribution < 1.29 is 9.53 Å². The fourth-order valence-corrected chi connectivity index (χ4v) is 2.92. The second-order valence-corrected chi connectivity index (χ2v) is 6.22. The van der Waals surface area contributed by atoms with Gasteiger partial charge in [0.05, 0.1) is 12.7 Å². The molecule has 3 rings (SSSR count). The van der Waals surface area contributed by atoms with Gasteiger partial charge in [0.15, 0.2) is 4.77 Å². The van der Waals surface area contributed by atoms with Crippen LogP contribution in [0.2, 0.25) is 5.02 Å². The number of nitrogens with zero attached hydrogens (tertiary/aromatic N) is 2. The molecule has 6 nitrogen and oxygen atoms in total. The van der Waals surface area contributed by atoms with Crippen LogP contribution in [0, 0.1) is 4.77 Å². The first-order valence-corrected chi connectivity index (χ1v) is 8.16. The van der Waals surface area contributed by atoms with E-state index in [1.807, 2.05) is 4.57 Å². The molecular formula is C15H17ClN4O2S. The maximum absolute atomic E-state index is 12.3. The first kappa shape index (κ1) is 16.0. The summed E-state index contributed by atoms with van der Waals surface area (Å²) in [6.45, 7) is 0.469. The van der Waals surface area contributed by atoms with E-state index in [1.54, 1.807) is 18.2 Å². The van der Waals surface area contributed by atoms with Gasteiger partial charge < -0.3 is 14.6 Å². The zero-order valence-corrected chi connectivity index (χ0v) is 14.2. The van der Waals surface area contributed by atoms with Crippen LogP contribution >= 0.6 is 23.8 Å². The molecule has 1 aliphatic carbocycles. The molecule has 8 heteroatoms. The Kier molecular flexibility index (Phi) is 4.68. The average Bonchev–Trinajstić information content (AvgIpc) is 3.30. The number of H-pyrrole nitrogens is 1. The van der Waals surface area contributed by atoms with E-state index in [4.69, 9.17) is 28.6 Å². The number of aromatic amines is 1. The molecular weight excluding hydrogens is 336 g/mol. The molecule has 0 unspecified atom stereocenters. The highest BCUT2D eigenvalue weighted by Crippen LogP contribution is 2.35. The number of halogens is 1. The van der Waals surface area contributed by atoms with Crippen molar-refractivity contribution in [1.29, 1.82) is 0 Å². The summed E-state index contributed by atoms with van der Waals surface area (Å²) in [6, 6.07) is 5.39. The Morgan fingerprint density at radius 1 is 1.57 bits per heavy atom. The van der Waals surface area contributed by atoms with Crippen molar-refractivity contribution in [2.24, 2.45) is 0 Å². The molecule has 1 aromatic heterocycles. The molecule has 122 valence electrons. The lowest BCUT2D eigenvalue weighted by Crippen LogP contribution is -2.27. The molecule has 1 saturated carbocycles. The molecule has 0 radical (unpaired) electrons. The minimum Gasteiger partial charge on any atom is -0.496 e. The lowest BCUT2D eigenvalue weighted by Gasteiger charge is -2.10. The zero-order valence-electron chi connectivity index (χ0n) is 12.6. The van der Waals surface area contributed by atoms with Crippen molar-refractivity contribution in [2.45, 2.75) is 25.3 Å². The highest BCUT2D eigenvalue weighted by Gasteiger charge is 2.27. The molecule has 0 bridgehead atoms. The third kappa shape index (κ3) is 3.56. The predicted molar refractivity (Wildman–Crippen MR) is 89.7 cm³/mol. The Bertz CT molecular complexity index is 782. The number of ether oxygens (including phenoxy) is 1. The number of rotatable bonds is 6. The zero-order chi connectivity index (χ0) is 16.4. The van der Waals surface area contributed by atoms with E-state index in [-0.39, 0.29) is 5.91 Å². The van der Waals surface area contributed by atoms with Crippen LogP contribution in [0.15, 0.2) is 18.2 Å². The third-order valence-electron chi connectivity index (χ3n) is 3.73. The van der Waals surface area contributed by atoms with Gasteiger partial charge in [-0.2, -0.15) is 5.10 Å². The molecule has 0 atom stereocenters. The van der Waals surface area contributed by atoms with E-state index < -0.39 is 0 Å². The van der Waals surface area contributed by atoms with Gasteiger partial charge in [0.25, 0.3) is 5.91 Å². The van der Waals surface area contributed by atoms with Gasteiger partial charge in [-0.05, 0) is 43.3 Å². The van der Waals surface area contributed by atoms with Gasteiger partial charge in [0.2, 0.25) is 0 Å². The summed E-state index contributed by atoms with van der Waals surface area (Å²) in [5.74, 6) is 1.13. The molecule has 2 aromatic rings. The molecule has 0 aliphatic heterocycles. The minimum atomic E-state index is -0.203. The number of hydrogen-bond donors (Lipinski definition) is 2. The molecule has 1 amide bonds. The number of amides is 1. The fraction of sp³-hybridized carbons (Fsp3) is 0.400. The van der Waals surface area contributed by atoms with Gasteiger partial charge >= 0.3 is 0 Å². The van der Waals surface area contributed by atoms with Gasteiger partial charge in [-0.15, -0.1) is 0 Å². The summed E-state index contributed by atoms with van der Waals surface area (Å²) in [5, 5.41) is 10.5. The molecule has 1 aliphatic rings. The van der Waals surface area contributed by atoms with Crippen LogP contribution in [0.25, 0.3) is 0 Å².